The number of ether oxygens (including phenoxy) is 1. The van der Waals surface area contributed by atoms with Gasteiger partial charge in [0, 0.05) is 19.5 Å². The molecular weight excluding hydrogens is 258 g/mol. The standard InChI is InChI=1S/C14H17N3OS/c1-17(9-10-4-3-5-12(8-10)18-2)14-16-15-13(19-14)11-6-7-11/h3-5,8,11H,6-7,9H2,1-2H3. The second kappa shape index (κ2) is 5.17. The van der Waals surface area contributed by atoms with Gasteiger partial charge in [0.25, 0.3) is 0 Å². The van der Waals surface area contributed by atoms with E-state index in [-0.39, 0.29) is 0 Å². The highest BCUT2D eigenvalue weighted by molar-refractivity contribution is 7.15. The lowest BCUT2D eigenvalue weighted by molar-refractivity contribution is 0.414. The Balaban J connectivity index is 1.70. The lowest BCUT2D eigenvalue weighted by Gasteiger charge is -2.15. The van der Waals surface area contributed by atoms with E-state index >= 15 is 0 Å². The van der Waals surface area contributed by atoms with Crippen molar-refractivity contribution in [2.75, 3.05) is 19.1 Å². The maximum atomic E-state index is 5.24. The number of anilines is 1. The van der Waals surface area contributed by atoms with Gasteiger partial charge in [-0.25, -0.2) is 0 Å². The summed E-state index contributed by atoms with van der Waals surface area (Å²) in [5, 5.41) is 10.7. The van der Waals surface area contributed by atoms with Gasteiger partial charge < -0.3 is 9.64 Å². The Morgan fingerprint density at radius 2 is 2.21 bits per heavy atom. The summed E-state index contributed by atoms with van der Waals surface area (Å²) in [6.45, 7) is 0.816. The zero-order chi connectivity index (χ0) is 13.2. The topological polar surface area (TPSA) is 38.2 Å². The summed E-state index contributed by atoms with van der Waals surface area (Å²) in [5.74, 6) is 1.57. The number of aromatic nitrogens is 2. The number of methoxy groups -OCH3 is 1. The minimum absolute atomic E-state index is 0.677. The first kappa shape index (κ1) is 12.4. The normalized spacial score (nSPS) is 14.4. The van der Waals surface area contributed by atoms with Gasteiger partial charge in [0.15, 0.2) is 0 Å². The van der Waals surface area contributed by atoms with Gasteiger partial charge in [-0.1, -0.05) is 23.5 Å². The Morgan fingerprint density at radius 3 is 2.95 bits per heavy atom. The van der Waals surface area contributed by atoms with Gasteiger partial charge >= 0.3 is 0 Å². The van der Waals surface area contributed by atoms with Crippen LogP contribution in [0.1, 0.15) is 29.3 Å². The molecule has 1 aromatic carbocycles. The van der Waals surface area contributed by atoms with Crippen LogP contribution < -0.4 is 9.64 Å². The van der Waals surface area contributed by atoms with Crippen LogP contribution in [0.2, 0.25) is 0 Å². The zero-order valence-corrected chi connectivity index (χ0v) is 12.0. The number of hydrogen-bond donors (Lipinski definition) is 0. The van der Waals surface area contributed by atoms with E-state index in [1.165, 1.54) is 23.4 Å². The van der Waals surface area contributed by atoms with E-state index < -0.39 is 0 Å². The van der Waals surface area contributed by atoms with Crippen LogP contribution in [0.15, 0.2) is 24.3 Å². The van der Waals surface area contributed by atoms with E-state index in [0.29, 0.717) is 5.92 Å². The number of rotatable bonds is 5. The molecule has 1 aliphatic carbocycles. The summed E-state index contributed by atoms with van der Waals surface area (Å²) in [6.07, 6.45) is 2.54. The molecule has 0 spiro atoms. The van der Waals surface area contributed by atoms with Crippen LogP contribution in [0.4, 0.5) is 5.13 Å². The van der Waals surface area contributed by atoms with Crippen LogP contribution in [0.25, 0.3) is 0 Å². The molecule has 0 aliphatic heterocycles. The van der Waals surface area contributed by atoms with Crippen LogP contribution in [-0.4, -0.2) is 24.4 Å². The number of nitrogens with zero attached hydrogens (tertiary/aromatic N) is 3. The summed E-state index contributed by atoms with van der Waals surface area (Å²) in [5.41, 5.74) is 1.21. The van der Waals surface area contributed by atoms with Crippen molar-refractivity contribution < 1.29 is 4.74 Å². The number of hydrogen-bond acceptors (Lipinski definition) is 5. The van der Waals surface area contributed by atoms with Crippen molar-refractivity contribution in [2.24, 2.45) is 0 Å². The van der Waals surface area contributed by atoms with Crippen molar-refractivity contribution in [3.05, 3.63) is 34.8 Å². The lowest BCUT2D eigenvalue weighted by atomic mass is 10.2. The van der Waals surface area contributed by atoms with E-state index in [4.69, 9.17) is 4.74 Å². The van der Waals surface area contributed by atoms with E-state index in [9.17, 15) is 0 Å². The van der Waals surface area contributed by atoms with Crippen LogP contribution >= 0.6 is 11.3 Å². The molecule has 2 aromatic rings. The summed E-state index contributed by atoms with van der Waals surface area (Å²) in [4.78, 5) is 2.14. The van der Waals surface area contributed by atoms with Crippen molar-refractivity contribution in [1.29, 1.82) is 0 Å². The molecule has 3 rings (SSSR count). The molecule has 0 radical (unpaired) electrons. The molecule has 100 valence electrons. The molecule has 1 heterocycles. The van der Waals surface area contributed by atoms with Gasteiger partial charge in [-0.3, -0.25) is 0 Å². The van der Waals surface area contributed by atoms with Crippen LogP contribution in [0.3, 0.4) is 0 Å². The Bertz CT molecular complexity index is 565. The fourth-order valence-electron chi connectivity index (χ4n) is 1.99. The second-order valence-corrected chi connectivity index (χ2v) is 5.89. The Labute approximate surface area is 117 Å². The van der Waals surface area contributed by atoms with Crippen LogP contribution in [-0.2, 0) is 6.54 Å². The van der Waals surface area contributed by atoms with E-state index in [0.717, 1.165) is 17.4 Å². The lowest BCUT2D eigenvalue weighted by Crippen LogP contribution is -2.16. The molecule has 0 bridgehead atoms. The molecule has 0 atom stereocenters. The van der Waals surface area contributed by atoms with Crippen molar-refractivity contribution in [1.82, 2.24) is 10.2 Å². The fraction of sp³-hybridized carbons (Fsp3) is 0.429. The quantitative estimate of drug-likeness (QED) is 0.840. The molecule has 19 heavy (non-hydrogen) atoms. The Morgan fingerprint density at radius 1 is 1.37 bits per heavy atom. The van der Waals surface area contributed by atoms with Crippen molar-refractivity contribution in [3.8, 4) is 5.75 Å². The summed E-state index contributed by atoms with van der Waals surface area (Å²) in [6, 6.07) is 8.12. The second-order valence-electron chi connectivity index (χ2n) is 4.90. The molecule has 4 nitrogen and oxygen atoms in total. The molecule has 0 unspecified atom stereocenters. The Hall–Kier alpha value is -1.62. The monoisotopic (exact) mass is 275 g/mol. The average molecular weight is 275 g/mol. The minimum Gasteiger partial charge on any atom is -0.497 e. The molecule has 0 N–H and O–H groups in total. The molecular formula is C14H17N3OS. The van der Waals surface area contributed by atoms with E-state index in [1.54, 1.807) is 18.4 Å². The fourth-order valence-corrected chi connectivity index (χ4v) is 2.96. The third-order valence-corrected chi connectivity index (χ3v) is 4.44. The van der Waals surface area contributed by atoms with Gasteiger partial charge in [-0.05, 0) is 30.5 Å². The first-order valence-corrected chi connectivity index (χ1v) is 7.25. The van der Waals surface area contributed by atoms with Crippen molar-refractivity contribution >= 4 is 16.5 Å². The molecule has 0 amide bonds. The highest BCUT2D eigenvalue weighted by Crippen LogP contribution is 2.42. The predicted molar refractivity (Wildman–Crippen MR) is 77.0 cm³/mol. The highest BCUT2D eigenvalue weighted by Gasteiger charge is 2.28. The molecule has 1 saturated carbocycles. The van der Waals surface area contributed by atoms with Gasteiger partial charge in [0.05, 0.1) is 7.11 Å². The first-order valence-electron chi connectivity index (χ1n) is 6.43. The Kier molecular flexibility index (Phi) is 3.38. The first-order chi connectivity index (χ1) is 9.26. The third-order valence-electron chi connectivity index (χ3n) is 3.24. The third kappa shape index (κ3) is 2.87. The molecule has 1 fully saturated rings. The van der Waals surface area contributed by atoms with Crippen LogP contribution in [0, 0.1) is 0 Å². The molecule has 1 aromatic heterocycles. The summed E-state index contributed by atoms with van der Waals surface area (Å²) in [7, 11) is 3.74. The van der Waals surface area contributed by atoms with Crippen molar-refractivity contribution in [2.45, 2.75) is 25.3 Å². The average Bonchev–Trinajstić information content (AvgIpc) is 3.16. The smallest absolute Gasteiger partial charge is 0.208 e. The molecule has 1 aliphatic rings. The van der Waals surface area contributed by atoms with E-state index in [1.807, 2.05) is 12.1 Å². The summed E-state index contributed by atoms with van der Waals surface area (Å²) >= 11 is 1.71. The molecule has 0 saturated heterocycles. The van der Waals surface area contributed by atoms with Gasteiger partial charge in [0.1, 0.15) is 10.8 Å². The van der Waals surface area contributed by atoms with Crippen LogP contribution in [0.5, 0.6) is 5.75 Å². The highest BCUT2D eigenvalue weighted by atomic mass is 32.1. The molecule has 5 heteroatoms. The summed E-state index contributed by atoms with van der Waals surface area (Å²) < 4.78 is 5.24. The zero-order valence-electron chi connectivity index (χ0n) is 11.2. The van der Waals surface area contributed by atoms with E-state index in [2.05, 4.69) is 34.3 Å². The van der Waals surface area contributed by atoms with Gasteiger partial charge in [-0.2, -0.15) is 0 Å². The van der Waals surface area contributed by atoms with Gasteiger partial charge in [0.2, 0.25) is 5.13 Å². The maximum absolute atomic E-state index is 5.24. The maximum Gasteiger partial charge on any atom is 0.208 e. The SMILES string of the molecule is COc1cccc(CN(C)c2nnc(C3CC3)s2)c1. The predicted octanol–water partition coefficient (Wildman–Crippen LogP) is 3.06. The van der Waals surface area contributed by atoms with Gasteiger partial charge in [-0.15, -0.1) is 10.2 Å². The number of benzene rings is 1. The minimum atomic E-state index is 0.677. The largest absolute Gasteiger partial charge is 0.497 e. The van der Waals surface area contributed by atoms with Crippen molar-refractivity contribution in [3.63, 3.8) is 0 Å².